The summed E-state index contributed by atoms with van der Waals surface area (Å²) in [7, 11) is 4.24. The first-order valence-electron chi connectivity index (χ1n) is 6.58. The van der Waals surface area contributed by atoms with Crippen LogP contribution in [-0.4, -0.2) is 38.1 Å². The fourth-order valence-electron chi connectivity index (χ4n) is 1.31. The van der Waals surface area contributed by atoms with Crippen LogP contribution in [0.3, 0.4) is 0 Å². The van der Waals surface area contributed by atoms with Crippen LogP contribution in [-0.2, 0) is 0 Å². The largest absolute Gasteiger partial charge is 0.314 e. The summed E-state index contributed by atoms with van der Waals surface area (Å²) < 4.78 is 0. The number of hydrogen-bond acceptors (Lipinski definition) is 2. The molecule has 1 rings (SSSR count). The van der Waals surface area contributed by atoms with Gasteiger partial charge in [-0.25, -0.2) is 0 Å². The van der Waals surface area contributed by atoms with E-state index >= 15 is 0 Å². The molecular weight excluding hydrogens is 184 g/mol. The SMILES string of the molecule is CCCCCN(C)C.CCCNC1CC1. The smallest absolute Gasteiger partial charge is 0.00682 e. The van der Waals surface area contributed by atoms with Crippen molar-refractivity contribution >= 4 is 0 Å². The lowest BCUT2D eigenvalue weighted by molar-refractivity contribution is 0.393. The fraction of sp³-hybridized carbons (Fsp3) is 1.00. The highest BCUT2D eigenvalue weighted by molar-refractivity contribution is 4.80. The normalized spacial score (nSPS) is 15.0. The predicted molar refractivity (Wildman–Crippen MR) is 69.4 cm³/mol. The molecule has 1 aliphatic carbocycles. The van der Waals surface area contributed by atoms with Crippen molar-refractivity contribution in [2.24, 2.45) is 0 Å². The Labute approximate surface area is 96.4 Å². The molecule has 15 heavy (non-hydrogen) atoms. The first-order chi connectivity index (χ1) is 7.20. The van der Waals surface area contributed by atoms with E-state index in [0.717, 1.165) is 6.04 Å². The maximum absolute atomic E-state index is 3.41. The Balaban J connectivity index is 0.000000262. The van der Waals surface area contributed by atoms with E-state index in [9.17, 15) is 0 Å². The van der Waals surface area contributed by atoms with Crippen molar-refractivity contribution < 1.29 is 0 Å². The van der Waals surface area contributed by atoms with Crippen molar-refractivity contribution in [1.82, 2.24) is 10.2 Å². The van der Waals surface area contributed by atoms with Gasteiger partial charge >= 0.3 is 0 Å². The van der Waals surface area contributed by atoms with Crippen LogP contribution in [0.5, 0.6) is 0 Å². The molecule has 0 radical (unpaired) electrons. The topological polar surface area (TPSA) is 15.3 Å². The number of nitrogens with zero attached hydrogens (tertiary/aromatic N) is 1. The standard InChI is InChI=1S/C7H17N.C6H13N/c1-4-5-6-7-8(2)3;1-2-5-7-6-3-4-6/h4-7H2,1-3H3;6-7H,2-5H2,1H3. The van der Waals surface area contributed by atoms with E-state index in [1.165, 1.54) is 51.6 Å². The van der Waals surface area contributed by atoms with E-state index in [0.29, 0.717) is 0 Å². The van der Waals surface area contributed by atoms with Crippen LogP contribution in [0.15, 0.2) is 0 Å². The molecule has 0 bridgehead atoms. The predicted octanol–water partition coefficient (Wildman–Crippen LogP) is 2.89. The average molecular weight is 214 g/mol. The Kier molecular flexibility index (Phi) is 10.4. The lowest BCUT2D eigenvalue weighted by Gasteiger charge is -2.06. The van der Waals surface area contributed by atoms with E-state index in [-0.39, 0.29) is 0 Å². The quantitative estimate of drug-likeness (QED) is 0.656. The molecule has 0 amide bonds. The highest BCUT2D eigenvalue weighted by Crippen LogP contribution is 2.17. The van der Waals surface area contributed by atoms with Crippen LogP contribution in [0.2, 0.25) is 0 Å². The van der Waals surface area contributed by atoms with E-state index < -0.39 is 0 Å². The summed E-state index contributed by atoms with van der Waals surface area (Å²) in [5.74, 6) is 0. The van der Waals surface area contributed by atoms with Crippen LogP contribution < -0.4 is 5.32 Å². The van der Waals surface area contributed by atoms with Gasteiger partial charge in [-0.15, -0.1) is 0 Å². The van der Waals surface area contributed by atoms with Crippen LogP contribution >= 0.6 is 0 Å². The van der Waals surface area contributed by atoms with Gasteiger partial charge in [0.25, 0.3) is 0 Å². The van der Waals surface area contributed by atoms with Gasteiger partial charge in [-0.2, -0.15) is 0 Å². The van der Waals surface area contributed by atoms with Gasteiger partial charge < -0.3 is 10.2 Å². The molecule has 2 heteroatoms. The van der Waals surface area contributed by atoms with Crippen molar-refractivity contribution in [2.45, 2.75) is 58.4 Å². The van der Waals surface area contributed by atoms with Gasteiger partial charge in [-0.1, -0.05) is 26.7 Å². The van der Waals surface area contributed by atoms with Crippen molar-refractivity contribution in [3.63, 3.8) is 0 Å². The van der Waals surface area contributed by atoms with Gasteiger partial charge in [0.2, 0.25) is 0 Å². The molecule has 1 aliphatic rings. The van der Waals surface area contributed by atoms with Crippen molar-refractivity contribution in [1.29, 1.82) is 0 Å². The second kappa shape index (κ2) is 10.4. The minimum Gasteiger partial charge on any atom is -0.314 e. The summed E-state index contributed by atoms with van der Waals surface area (Å²) in [6.45, 7) is 6.89. The van der Waals surface area contributed by atoms with Crippen LogP contribution in [0.4, 0.5) is 0 Å². The lowest BCUT2D eigenvalue weighted by Crippen LogP contribution is -2.16. The first-order valence-corrected chi connectivity index (χ1v) is 6.58. The molecule has 0 aromatic rings. The molecule has 0 aliphatic heterocycles. The lowest BCUT2D eigenvalue weighted by atomic mass is 10.2. The number of hydrogen-bond donors (Lipinski definition) is 1. The molecular formula is C13H30N2. The third-order valence-electron chi connectivity index (χ3n) is 2.47. The number of nitrogens with one attached hydrogen (secondary N) is 1. The second-order valence-corrected chi connectivity index (χ2v) is 4.74. The zero-order valence-electron chi connectivity index (χ0n) is 11.2. The van der Waals surface area contributed by atoms with Gasteiger partial charge in [-0.05, 0) is 52.9 Å². The number of rotatable bonds is 7. The molecule has 1 saturated carbocycles. The summed E-state index contributed by atoms with van der Waals surface area (Å²) in [5, 5.41) is 3.41. The average Bonchev–Trinajstić information content (AvgIpc) is 2.99. The zero-order valence-corrected chi connectivity index (χ0v) is 11.2. The molecule has 0 aromatic carbocycles. The zero-order chi connectivity index (χ0) is 11.5. The maximum Gasteiger partial charge on any atom is 0.00682 e. The van der Waals surface area contributed by atoms with Crippen molar-refractivity contribution in [3.05, 3.63) is 0 Å². The van der Waals surface area contributed by atoms with E-state index in [1.807, 2.05) is 0 Å². The second-order valence-electron chi connectivity index (χ2n) is 4.74. The van der Waals surface area contributed by atoms with Crippen LogP contribution in [0.25, 0.3) is 0 Å². The van der Waals surface area contributed by atoms with Crippen molar-refractivity contribution in [3.8, 4) is 0 Å². The van der Waals surface area contributed by atoms with Crippen LogP contribution in [0.1, 0.15) is 52.4 Å². The van der Waals surface area contributed by atoms with E-state index in [4.69, 9.17) is 0 Å². The number of unbranched alkanes of at least 4 members (excludes halogenated alkanes) is 2. The molecule has 0 heterocycles. The van der Waals surface area contributed by atoms with Gasteiger partial charge in [0.1, 0.15) is 0 Å². The summed E-state index contributed by atoms with van der Waals surface area (Å²) in [5.41, 5.74) is 0. The molecule has 0 spiro atoms. The highest BCUT2D eigenvalue weighted by atomic mass is 15.0. The molecule has 2 nitrogen and oxygen atoms in total. The monoisotopic (exact) mass is 214 g/mol. The highest BCUT2D eigenvalue weighted by Gasteiger charge is 2.18. The minimum atomic E-state index is 0.903. The van der Waals surface area contributed by atoms with Gasteiger partial charge in [-0.3, -0.25) is 0 Å². The first kappa shape index (κ1) is 14.9. The molecule has 0 aromatic heterocycles. The summed E-state index contributed by atoms with van der Waals surface area (Å²) in [6, 6.07) is 0.903. The molecule has 0 atom stereocenters. The third-order valence-corrected chi connectivity index (χ3v) is 2.47. The molecule has 0 unspecified atom stereocenters. The maximum atomic E-state index is 3.41. The summed E-state index contributed by atoms with van der Waals surface area (Å²) in [4.78, 5) is 2.23. The Morgan fingerprint density at radius 1 is 1.07 bits per heavy atom. The van der Waals surface area contributed by atoms with Gasteiger partial charge in [0.15, 0.2) is 0 Å². The Morgan fingerprint density at radius 3 is 2.13 bits per heavy atom. The molecule has 92 valence electrons. The van der Waals surface area contributed by atoms with Gasteiger partial charge in [0.05, 0.1) is 0 Å². The van der Waals surface area contributed by atoms with Crippen LogP contribution in [0, 0.1) is 0 Å². The van der Waals surface area contributed by atoms with Gasteiger partial charge in [0, 0.05) is 6.04 Å². The fourth-order valence-corrected chi connectivity index (χ4v) is 1.31. The Hall–Kier alpha value is -0.0800. The minimum absolute atomic E-state index is 0.903. The molecule has 0 saturated heterocycles. The Bertz CT molecular complexity index is 120. The summed E-state index contributed by atoms with van der Waals surface area (Å²) >= 11 is 0. The van der Waals surface area contributed by atoms with E-state index in [2.05, 4.69) is 38.2 Å². The Morgan fingerprint density at radius 2 is 1.73 bits per heavy atom. The molecule has 1 N–H and O–H groups in total. The van der Waals surface area contributed by atoms with Crippen molar-refractivity contribution in [2.75, 3.05) is 27.2 Å². The molecule has 1 fully saturated rings. The van der Waals surface area contributed by atoms with E-state index in [1.54, 1.807) is 0 Å². The third kappa shape index (κ3) is 13.9. The summed E-state index contributed by atoms with van der Waals surface area (Å²) in [6.07, 6.45) is 8.16.